The molecule has 1 aromatic heterocycles. The fourth-order valence-electron chi connectivity index (χ4n) is 4.05. The van der Waals surface area contributed by atoms with E-state index >= 15 is 0 Å². The third kappa shape index (κ3) is 8.60. The van der Waals surface area contributed by atoms with Crippen molar-refractivity contribution in [3.8, 4) is 0 Å². The van der Waals surface area contributed by atoms with E-state index in [1.807, 2.05) is 23.1 Å². The standard InChI is InChI=1S/C26H30N4O7S2/c1-3-18-15-38-25(28-18)21(14-17-9-11-19(12-10-17)30-39(34,35)36)29-24(32)20(13-16-7-5-4-6-8-16)22(23(27)31)26(33)37-2/h4-12,15,20-22,30H,3,13-14H2,1-2H3,(H2,27,31)(H,29,32)(H,34,35,36)/t20-,21-,22?/m0/s1. The van der Waals surface area contributed by atoms with Gasteiger partial charge in [0.05, 0.1) is 30.5 Å². The van der Waals surface area contributed by atoms with Crippen molar-refractivity contribution in [3.05, 3.63) is 81.8 Å². The molecule has 0 aliphatic heterocycles. The number of carbonyl (C=O) groups is 3. The summed E-state index contributed by atoms with van der Waals surface area (Å²) < 4.78 is 38.0. The molecule has 0 spiro atoms. The van der Waals surface area contributed by atoms with E-state index in [0.29, 0.717) is 11.4 Å². The molecule has 1 heterocycles. The second kappa shape index (κ2) is 13.3. The summed E-state index contributed by atoms with van der Waals surface area (Å²) >= 11 is 1.36. The number of hydrogen-bond donors (Lipinski definition) is 4. The number of nitrogens with zero attached hydrogens (tertiary/aromatic N) is 1. The van der Waals surface area contributed by atoms with Gasteiger partial charge in [-0.15, -0.1) is 11.3 Å². The lowest BCUT2D eigenvalue weighted by molar-refractivity contribution is -0.154. The quantitative estimate of drug-likeness (QED) is 0.137. The minimum atomic E-state index is -4.42. The van der Waals surface area contributed by atoms with Gasteiger partial charge in [0.25, 0.3) is 0 Å². The second-order valence-corrected chi connectivity index (χ2v) is 10.8. The Kier molecular flexibility index (Phi) is 10.2. The molecule has 0 aliphatic carbocycles. The van der Waals surface area contributed by atoms with Gasteiger partial charge in [-0.1, -0.05) is 49.4 Å². The van der Waals surface area contributed by atoms with Gasteiger partial charge < -0.3 is 15.8 Å². The molecule has 0 aliphatic rings. The molecule has 2 aromatic carbocycles. The maximum atomic E-state index is 13.7. The molecule has 3 atom stereocenters. The average molecular weight is 575 g/mol. The molecule has 3 aromatic rings. The number of carbonyl (C=O) groups excluding carboxylic acids is 3. The number of hydrogen-bond acceptors (Lipinski definition) is 8. The summed E-state index contributed by atoms with van der Waals surface area (Å²) in [6, 6.07) is 14.5. The number of aryl methyl sites for hydroxylation is 1. The Hall–Kier alpha value is -3.81. The number of methoxy groups -OCH3 is 1. The molecular formula is C26H30N4O7S2. The number of primary amides is 1. The molecular weight excluding hydrogens is 544 g/mol. The van der Waals surface area contributed by atoms with E-state index in [-0.39, 0.29) is 18.5 Å². The fourth-order valence-corrected chi connectivity index (χ4v) is 5.44. The largest absolute Gasteiger partial charge is 0.468 e. The summed E-state index contributed by atoms with van der Waals surface area (Å²) in [5, 5.41) is 5.45. The normalized spacial score (nSPS) is 13.6. The van der Waals surface area contributed by atoms with Crippen molar-refractivity contribution < 1.29 is 32.1 Å². The van der Waals surface area contributed by atoms with E-state index in [0.717, 1.165) is 23.9 Å². The molecule has 13 heteroatoms. The number of anilines is 1. The first-order valence-corrected chi connectivity index (χ1v) is 14.3. The van der Waals surface area contributed by atoms with Gasteiger partial charge in [-0.25, -0.2) is 4.98 Å². The predicted molar refractivity (Wildman–Crippen MR) is 146 cm³/mol. The van der Waals surface area contributed by atoms with Crippen molar-refractivity contribution in [1.29, 1.82) is 0 Å². The average Bonchev–Trinajstić information content (AvgIpc) is 3.38. The highest BCUT2D eigenvalue weighted by atomic mass is 32.2. The second-order valence-electron chi connectivity index (χ2n) is 8.77. The number of aromatic nitrogens is 1. The highest BCUT2D eigenvalue weighted by Crippen LogP contribution is 2.26. The molecule has 0 saturated carbocycles. The van der Waals surface area contributed by atoms with Crippen molar-refractivity contribution in [1.82, 2.24) is 10.3 Å². The summed E-state index contributed by atoms with van der Waals surface area (Å²) in [5.74, 6) is -5.11. The third-order valence-electron chi connectivity index (χ3n) is 5.99. The van der Waals surface area contributed by atoms with Crippen LogP contribution in [0.5, 0.6) is 0 Å². The minimum Gasteiger partial charge on any atom is -0.468 e. The molecule has 2 amide bonds. The van der Waals surface area contributed by atoms with E-state index in [1.54, 1.807) is 36.4 Å². The van der Waals surface area contributed by atoms with E-state index in [2.05, 4.69) is 10.3 Å². The molecule has 11 nitrogen and oxygen atoms in total. The zero-order valence-electron chi connectivity index (χ0n) is 21.4. The van der Waals surface area contributed by atoms with Crippen LogP contribution in [-0.2, 0) is 48.7 Å². The van der Waals surface area contributed by atoms with E-state index in [9.17, 15) is 22.8 Å². The number of rotatable bonds is 13. The Labute approximate surface area is 230 Å². The number of benzene rings is 2. The van der Waals surface area contributed by atoms with E-state index < -0.39 is 46.0 Å². The summed E-state index contributed by atoms with van der Waals surface area (Å²) in [6.07, 6.45) is 1.03. The van der Waals surface area contributed by atoms with Crippen molar-refractivity contribution in [2.24, 2.45) is 17.6 Å². The molecule has 0 radical (unpaired) electrons. The van der Waals surface area contributed by atoms with Gasteiger partial charge in [-0.3, -0.25) is 23.7 Å². The van der Waals surface area contributed by atoms with Crippen LogP contribution in [0.3, 0.4) is 0 Å². The summed E-state index contributed by atoms with van der Waals surface area (Å²) in [7, 11) is -3.30. The Morgan fingerprint density at radius 2 is 1.69 bits per heavy atom. The first-order valence-electron chi connectivity index (χ1n) is 12.0. The Morgan fingerprint density at radius 3 is 2.23 bits per heavy atom. The van der Waals surface area contributed by atoms with E-state index in [4.69, 9.17) is 15.0 Å². The SMILES string of the molecule is CCc1csc([C@H](Cc2ccc(NS(=O)(=O)O)cc2)NC(=O)[C@@H](Cc2ccccc2)C(C(N)=O)C(=O)OC)n1. The van der Waals surface area contributed by atoms with Gasteiger partial charge in [-0.05, 0) is 42.5 Å². The smallest absolute Gasteiger partial charge is 0.357 e. The van der Waals surface area contributed by atoms with E-state index in [1.165, 1.54) is 23.5 Å². The number of ether oxygens (including phenoxy) is 1. The Bertz CT molecular complexity index is 1390. The lowest BCUT2D eigenvalue weighted by Gasteiger charge is -2.25. The fraction of sp³-hybridized carbons (Fsp3) is 0.308. The van der Waals surface area contributed by atoms with Crippen molar-refractivity contribution in [3.63, 3.8) is 0 Å². The van der Waals surface area contributed by atoms with Gasteiger partial charge in [0.2, 0.25) is 11.8 Å². The molecule has 5 N–H and O–H groups in total. The zero-order chi connectivity index (χ0) is 28.6. The van der Waals surface area contributed by atoms with Crippen LogP contribution in [0.25, 0.3) is 0 Å². The van der Waals surface area contributed by atoms with Crippen LogP contribution in [0.1, 0.15) is 34.8 Å². The van der Waals surface area contributed by atoms with Crippen molar-refractivity contribution in [2.45, 2.75) is 32.2 Å². The van der Waals surface area contributed by atoms with Gasteiger partial charge in [-0.2, -0.15) is 8.42 Å². The molecule has 208 valence electrons. The number of nitrogens with two attached hydrogens (primary N) is 1. The molecule has 1 unspecified atom stereocenters. The van der Waals surface area contributed by atoms with Crippen LogP contribution < -0.4 is 15.8 Å². The van der Waals surface area contributed by atoms with Gasteiger partial charge in [0.1, 0.15) is 10.9 Å². The van der Waals surface area contributed by atoms with Gasteiger partial charge in [0, 0.05) is 5.38 Å². The summed E-state index contributed by atoms with van der Waals surface area (Å²) in [6.45, 7) is 1.96. The highest BCUT2D eigenvalue weighted by Gasteiger charge is 2.40. The van der Waals surface area contributed by atoms with Crippen molar-refractivity contribution >= 4 is 45.1 Å². The topological polar surface area (TPSA) is 178 Å². The Balaban J connectivity index is 1.93. The van der Waals surface area contributed by atoms with Crippen LogP contribution in [-0.4, -0.2) is 42.8 Å². The molecule has 0 saturated heterocycles. The van der Waals surface area contributed by atoms with Crippen LogP contribution in [0, 0.1) is 11.8 Å². The molecule has 3 rings (SSSR count). The first-order chi connectivity index (χ1) is 18.5. The molecule has 0 fully saturated rings. The molecule has 0 bridgehead atoms. The summed E-state index contributed by atoms with van der Waals surface area (Å²) in [4.78, 5) is 43.2. The minimum absolute atomic E-state index is 0.0657. The summed E-state index contributed by atoms with van der Waals surface area (Å²) in [5.41, 5.74) is 8.02. The zero-order valence-corrected chi connectivity index (χ0v) is 23.0. The van der Waals surface area contributed by atoms with Crippen LogP contribution in [0.2, 0.25) is 0 Å². The van der Waals surface area contributed by atoms with Crippen molar-refractivity contribution in [2.75, 3.05) is 11.8 Å². The van der Waals surface area contributed by atoms with Crippen LogP contribution >= 0.6 is 11.3 Å². The maximum Gasteiger partial charge on any atom is 0.357 e. The lowest BCUT2D eigenvalue weighted by Crippen LogP contribution is -2.46. The number of thiazole rings is 1. The third-order valence-corrected chi connectivity index (χ3v) is 7.49. The first kappa shape index (κ1) is 29.7. The van der Waals surface area contributed by atoms with Crippen LogP contribution in [0.4, 0.5) is 5.69 Å². The van der Waals surface area contributed by atoms with Gasteiger partial charge >= 0.3 is 16.3 Å². The van der Waals surface area contributed by atoms with Crippen LogP contribution in [0.15, 0.2) is 60.0 Å². The lowest BCUT2D eigenvalue weighted by atomic mass is 9.85. The predicted octanol–water partition coefficient (Wildman–Crippen LogP) is 2.45. The molecule has 39 heavy (non-hydrogen) atoms. The number of esters is 1. The maximum absolute atomic E-state index is 13.7. The monoisotopic (exact) mass is 574 g/mol. The number of amides is 2. The Morgan fingerprint density at radius 1 is 1.05 bits per heavy atom. The highest BCUT2D eigenvalue weighted by molar-refractivity contribution is 7.87. The number of nitrogens with one attached hydrogen (secondary N) is 2. The van der Waals surface area contributed by atoms with Gasteiger partial charge in [0.15, 0.2) is 0 Å².